The van der Waals surface area contributed by atoms with Crippen molar-refractivity contribution >= 4 is 49.1 Å². The number of fused-ring (bicyclic) bond motifs is 1. The molecule has 4 aromatic rings. The fourth-order valence-electron chi connectivity index (χ4n) is 3.88. The molecule has 8 nitrogen and oxygen atoms in total. The molecule has 180 valence electrons. The van der Waals surface area contributed by atoms with Gasteiger partial charge in [-0.05, 0) is 36.2 Å². The highest BCUT2D eigenvalue weighted by Gasteiger charge is 2.24. The molecule has 10 heteroatoms. The Balaban J connectivity index is 1.98. The smallest absolute Gasteiger partial charge is 0.343 e. The first kappa shape index (κ1) is 24.6. The van der Waals surface area contributed by atoms with Crippen LogP contribution in [-0.2, 0) is 16.6 Å². The summed E-state index contributed by atoms with van der Waals surface area (Å²) in [6, 6.07) is 13.7. The van der Waals surface area contributed by atoms with Crippen molar-refractivity contribution in [2.24, 2.45) is 0 Å². The second-order valence-electron chi connectivity index (χ2n) is 7.56. The van der Waals surface area contributed by atoms with E-state index in [2.05, 4.69) is 15.9 Å². The maximum atomic E-state index is 13.5. The fraction of sp³-hybridized carbons (Fsp3) is 0.200. The number of ether oxygens (including phenoxy) is 2. The van der Waals surface area contributed by atoms with Crippen LogP contribution in [0, 0.1) is 10.1 Å². The lowest BCUT2D eigenvalue weighted by atomic mass is 10.1. The molecule has 0 unspecified atom stereocenters. The van der Waals surface area contributed by atoms with Gasteiger partial charge in [-0.1, -0.05) is 34.1 Å². The number of carbonyl (C=O) groups is 1. The predicted octanol–water partition coefficient (Wildman–Crippen LogP) is 5.77. The number of nitro groups is 1. The Labute approximate surface area is 213 Å². The topological polar surface area (TPSA) is 101 Å². The minimum absolute atomic E-state index is 0.0180. The average molecular weight is 557 g/mol. The Bertz CT molecular complexity index is 1480. The molecule has 0 amide bonds. The number of nitro benzene ring substituents is 1. The van der Waals surface area contributed by atoms with Crippen molar-refractivity contribution < 1.29 is 19.2 Å². The zero-order valence-corrected chi connectivity index (χ0v) is 21.4. The molecule has 2 heterocycles. The van der Waals surface area contributed by atoms with Crippen LogP contribution in [0.5, 0.6) is 5.75 Å². The Kier molecular flexibility index (Phi) is 7.32. The quantitative estimate of drug-likeness (QED) is 0.118. The zero-order chi connectivity index (χ0) is 25.1. The third-order valence-electron chi connectivity index (χ3n) is 5.51. The number of nitrogens with zero attached hydrogens (tertiary/aromatic N) is 2. The first-order valence-corrected chi connectivity index (χ1v) is 12.6. The van der Waals surface area contributed by atoms with Crippen LogP contribution in [0.15, 0.2) is 59.5 Å². The summed E-state index contributed by atoms with van der Waals surface area (Å²) in [4.78, 5) is 38.3. The van der Waals surface area contributed by atoms with Gasteiger partial charge in [-0.15, -0.1) is 11.3 Å². The predicted molar refractivity (Wildman–Crippen MR) is 139 cm³/mol. The third-order valence-corrected chi connectivity index (χ3v) is 7.39. The molecule has 35 heavy (non-hydrogen) atoms. The highest BCUT2D eigenvalue weighted by atomic mass is 79.9. The van der Waals surface area contributed by atoms with E-state index in [1.54, 1.807) is 26.2 Å². The summed E-state index contributed by atoms with van der Waals surface area (Å²) in [6.07, 6.45) is 1.53. The molecule has 0 N–H and O–H groups in total. The van der Waals surface area contributed by atoms with Crippen LogP contribution in [0.2, 0.25) is 0 Å². The maximum Gasteiger partial charge on any atom is 0.343 e. The average Bonchev–Trinajstić information content (AvgIpc) is 3.26. The van der Waals surface area contributed by atoms with Crippen molar-refractivity contribution in [3.63, 3.8) is 0 Å². The summed E-state index contributed by atoms with van der Waals surface area (Å²) in [7, 11) is 1.59. The van der Waals surface area contributed by atoms with Crippen LogP contribution in [0.3, 0.4) is 0 Å². The van der Waals surface area contributed by atoms with Gasteiger partial charge in [0.1, 0.15) is 16.1 Å². The zero-order valence-electron chi connectivity index (χ0n) is 18.9. The van der Waals surface area contributed by atoms with E-state index in [0.717, 1.165) is 16.0 Å². The molecule has 2 aromatic heterocycles. The Morgan fingerprint density at radius 3 is 2.51 bits per heavy atom. The number of para-hydroxylation sites is 1. The number of hydrogen-bond acceptors (Lipinski definition) is 7. The highest BCUT2D eigenvalue weighted by molar-refractivity contribution is 9.08. The number of benzene rings is 2. The van der Waals surface area contributed by atoms with Gasteiger partial charge >= 0.3 is 5.97 Å². The Morgan fingerprint density at radius 2 is 1.89 bits per heavy atom. The van der Waals surface area contributed by atoms with E-state index >= 15 is 0 Å². The molecule has 0 fully saturated rings. The number of carbonyl (C=O) groups excluding carboxylic acids is 1. The van der Waals surface area contributed by atoms with Gasteiger partial charge < -0.3 is 14.0 Å². The standard InChI is InChI=1S/C25H21BrN2O6S/c1-3-34-25(30)19-14-27(13-16-6-4-5-7-20(16)33-2)24-21(22(19)29)18(12-26)23(35-24)15-8-10-17(11-9-15)28(31)32/h4-11,14H,3,12-13H2,1-2H3. The lowest BCUT2D eigenvalue weighted by Crippen LogP contribution is -2.21. The molecule has 0 spiro atoms. The van der Waals surface area contributed by atoms with Crippen molar-refractivity contribution in [1.29, 1.82) is 0 Å². The van der Waals surface area contributed by atoms with Crippen LogP contribution in [-0.4, -0.2) is 29.2 Å². The lowest BCUT2D eigenvalue weighted by molar-refractivity contribution is -0.384. The van der Waals surface area contributed by atoms with Gasteiger partial charge in [0.05, 0.1) is 30.6 Å². The van der Waals surface area contributed by atoms with Gasteiger partial charge in [-0.3, -0.25) is 14.9 Å². The van der Waals surface area contributed by atoms with E-state index < -0.39 is 16.3 Å². The normalized spacial score (nSPS) is 10.9. The molecule has 0 aliphatic heterocycles. The van der Waals surface area contributed by atoms with E-state index in [9.17, 15) is 19.7 Å². The lowest BCUT2D eigenvalue weighted by Gasteiger charge is -2.13. The summed E-state index contributed by atoms with van der Waals surface area (Å²) in [5.41, 5.74) is 1.85. The molecule has 0 aliphatic carbocycles. The number of hydrogen-bond donors (Lipinski definition) is 0. The fourth-order valence-corrected chi connectivity index (χ4v) is 5.92. The number of halogens is 1. The van der Waals surface area contributed by atoms with Crippen LogP contribution in [0.4, 0.5) is 5.69 Å². The number of rotatable bonds is 8. The van der Waals surface area contributed by atoms with Crippen molar-refractivity contribution in [2.45, 2.75) is 18.8 Å². The molecule has 0 bridgehead atoms. The van der Waals surface area contributed by atoms with E-state index in [4.69, 9.17) is 9.47 Å². The van der Waals surface area contributed by atoms with E-state index in [0.29, 0.717) is 33.4 Å². The van der Waals surface area contributed by atoms with Crippen molar-refractivity contribution in [1.82, 2.24) is 4.57 Å². The molecule has 0 aliphatic rings. The van der Waals surface area contributed by atoms with Crippen LogP contribution in [0.25, 0.3) is 20.7 Å². The molecule has 0 radical (unpaired) electrons. The number of aromatic nitrogens is 1. The number of non-ortho nitro benzene ring substituents is 1. The van der Waals surface area contributed by atoms with Gasteiger partial charge in [-0.25, -0.2) is 4.79 Å². The second kappa shape index (κ2) is 10.4. The summed E-state index contributed by atoms with van der Waals surface area (Å²) >= 11 is 4.89. The summed E-state index contributed by atoms with van der Waals surface area (Å²) in [5, 5.41) is 11.9. The molecule has 0 saturated heterocycles. The van der Waals surface area contributed by atoms with Gasteiger partial charge in [0, 0.05) is 34.1 Å². The van der Waals surface area contributed by atoms with Crippen LogP contribution < -0.4 is 10.2 Å². The van der Waals surface area contributed by atoms with E-state index in [1.807, 2.05) is 28.8 Å². The van der Waals surface area contributed by atoms with Crippen LogP contribution in [0.1, 0.15) is 28.4 Å². The van der Waals surface area contributed by atoms with Gasteiger partial charge in [0.15, 0.2) is 0 Å². The molecule has 0 saturated carbocycles. The largest absolute Gasteiger partial charge is 0.496 e. The highest BCUT2D eigenvalue weighted by Crippen LogP contribution is 2.39. The number of pyridine rings is 1. The first-order valence-electron chi connectivity index (χ1n) is 10.7. The van der Waals surface area contributed by atoms with Crippen molar-refractivity contribution in [3.8, 4) is 16.2 Å². The molecule has 0 atom stereocenters. The monoisotopic (exact) mass is 556 g/mol. The van der Waals surface area contributed by atoms with E-state index in [-0.39, 0.29) is 17.9 Å². The number of thiophene rings is 1. The van der Waals surface area contributed by atoms with Crippen molar-refractivity contribution in [2.75, 3.05) is 13.7 Å². The molecule has 2 aromatic carbocycles. The Hall–Kier alpha value is -3.50. The van der Waals surface area contributed by atoms with Gasteiger partial charge in [0.25, 0.3) is 5.69 Å². The number of esters is 1. The first-order chi connectivity index (χ1) is 16.9. The van der Waals surface area contributed by atoms with Crippen molar-refractivity contribution in [3.05, 3.63) is 91.8 Å². The number of alkyl halides is 1. The Morgan fingerprint density at radius 1 is 1.17 bits per heavy atom. The van der Waals surface area contributed by atoms with Gasteiger partial charge in [-0.2, -0.15) is 0 Å². The summed E-state index contributed by atoms with van der Waals surface area (Å²) in [5.74, 6) is 0.00156. The maximum absolute atomic E-state index is 13.5. The number of methoxy groups -OCH3 is 1. The second-order valence-corrected chi connectivity index (χ2v) is 9.12. The van der Waals surface area contributed by atoms with Crippen LogP contribution >= 0.6 is 27.3 Å². The van der Waals surface area contributed by atoms with Gasteiger partial charge in [0.2, 0.25) is 5.43 Å². The molecule has 4 rings (SSSR count). The molecular formula is C25H21BrN2O6S. The van der Waals surface area contributed by atoms with E-state index in [1.165, 1.54) is 29.7 Å². The minimum atomic E-state index is -0.684. The minimum Gasteiger partial charge on any atom is -0.496 e. The SMILES string of the molecule is CCOC(=O)c1cn(Cc2ccccc2OC)c2sc(-c3ccc([N+](=O)[O-])cc3)c(CBr)c2c1=O. The third kappa shape index (κ3) is 4.71. The summed E-state index contributed by atoms with van der Waals surface area (Å²) < 4.78 is 12.5. The summed E-state index contributed by atoms with van der Waals surface area (Å²) in [6.45, 7) is 2.19. The molecular weight excluding hydrogens is 536 g/mol.